The van der Waals surface area contributed by atoms with E-state index in [0.717, 1.165) is 28.9 Å². The molecule has 0 saturated heterocycles. The van der Waals surface area contributed by atoms with Crippen LogP contribution in [0.15, 0.2) is 18.2 Å². The van der Waals surface area contributed by atoms with E-state index in [2.05, 4.69) is 28.1 Å². The summed E-state index contributed by atoms with van der Waals surface area (Å²) in [4.78, 5) is 4.78. The Morgan fingerprint density at radius 2 is 2.10 bits per heavy atom. The lowest BCUT2D eigenvalue weighted by Crippen LogP contribution is -2.08. The summed E-state index contributed by atoms with van der Waals surface area (Å²) in [5.41, 5.74) is 1.12. The van der Waals surface area contributed by atoms with Crippen LogP contribution in [-0.4, -0.2) is 16.9 Å². The Labute approximate surface area is 132 Å². The average molecular weight is 354 g/mol. The quantitative estimate of drug-likeness (QED) is 0.689. The third kappa shape index (κ3) is 3.53. The van der Waals surface area contributed by atoms with Gasteiger partial charge in [0.1, 0.15) is 5.75 Å². The molecule has 0 amide bonds. The Bertz CT molecular complexity index is 563. The maximum absolute atomic E-state index is 5.65. The second-order valence-corrected chi connectivity index (χ2v) is 7.39. The second-order valence-electron chi connectivity index (χ2n) is 5.48. The number of rotatable bonds is 5. The summed E-state index contributed by atoms with van der Waals surface area (Å²) in [5.74, 6) is 1.80. The molecule has 1 saturated carbocycles. The van der Waals surface area contributed by atoms with Crippen molar-refractivity contribution in [1.29, 1.82) is 0 Å². The van der Waals surface area contributed by atoms with Crippen molar-refractivity contribution in [2.75, 3.05) is 11.9 Å². The van der Waals surface area contributed by atoms with Crippen LogP contribution in [0.2, 0.25) is 0 Å². The fraction of sp³-hybridized carbons (Fsp3) is 0.562. The lowest BCUT2D eigenvalue weighted by Gasteiger charge is -2.20. The minimum absolute atomic E-state index is 0.708. The molecule has 0 N–H and O–H groups in total. The SMILES string of the molecule is BrCCOc1ccc2nc(CC3CCCCC3)sc2c1. The van der Waals surface area contributed by atoms with E-state index >= 15 is 0 Å². The first-order valence-electron chi connectivity index (χ1n) is 7.43. The molecule has 0 bridgehead atoms. The molecule has 1 aliphatic rings. The van der Waals surface area contributed by atoms with Crippen molar-refractivity contribution in [3.63, 3.8) is 0 Å². The molecule has 1 heterocycles. The highest BCUT2D eigenvalue weighted by Gasteiger charge is 2.16. The van der Waals surface area contributed by atoms with Gasteiger partial charge in [-0.3, -0.25) is 0 Å². The molecule has 1 aromatic heterocycles. The Kier molecular flexibility index (Phi) is 4.94. The Balaban J connectivity index is 1.72. The fourth-order valence-electron chi connectivity index (χ4n) is 2.92. The monoisotopic (exact) mass is 353 g/mol. The van der Waals surface area contributed by atoms with Crippen molar-refractivity contribution in [1.82, 2.24) is 4.98 Å². The van der Waals surface area contributed by atoms with Gasteiger partial charge < -0.3 is 4.74 Å². The van der Waals surface area contributed by atoms with Crippen molar-refractivity contribution in [2.45, 2.75) is 38.5 Å². The summed E-state index contributed by atoms with van der Waals surface area (Å²) in [5, 5.41) is 2.16. The van der Waals surface area contributed by atoms with Crippen LogP contribution in [0.1, 0.15) is 37.1 Å². The maximum atomic E-state index is 5.65. The number of alkyl halides is 1. The molecule has 0 atom stereocenters. The minimum Gasteiger partial charge on any atom is -0.493 e. The number of halogens is 1. The largest absolute Gasteiger partial charge is 0.493 e. The topological polar surface area (TPSA) is 22.1 Å². The van der Waals surface area contributed by atoms with Crippen LogP contribution in [0.3, 0.4) is 0 Å². The molecular weight excluding hydrogens is 334 g/mol. The number of ether oxygens (including phenoxy) is 1. The molecule has 1 fully saturated rings. The number of nitrogens with zero attached hydrogens (tertiary/aromatic N) is 1. The van der Waals surface area contributed by atoms with Gasteiger partial charge in [0.2, 0.25) is 0 Å². The van der Waals surface area contributed by atoms with E-state index in [1.54, 1.807) is 0 Å². The first-order valence-corrected chi connectivity index (χ1v) is 9.37. The summed E-state index contributed by atoms with van der Waals surface area (Å²) < 4.78 is 6.91. The van der Waals surface area contributed by atoms with E-state index in [0.29, 0.717) is 6.61 Å². The average Bonchev–Trinajstić information content (AvgIpc) is 2.87. The predicted octanol–water partition coefficient (Wildman–Crippen LogP) is 5.19. The standard InChI is InChI=1S/C16H20BrNOS/c17-8-9-19-13-6-7-14-15(11-13)20-16(18-14)10-12-4-2-1-3-5-12/h6-7,11-12H,1-5,8-10H2. The van der Waals surface area contributed by atoms with E-state index in [1.807, 2.05) is 17.4 Å². The van der Waals surface area contributed by atoms with Crippen LogP contribution >= 0.6 is 27.3 Å². The van der Waals surface area contributed by atoms with Gasteiger partial charge in [-0.2, -0.15) is 0 Å². The summed E-state index contributed by atoms with van der Waals surface area (Å²) in [6.07, 6.45) is 8.16. The van der Waals surface area contributed by atoms with Crippen LogP contribution in [0.25, 0.3) is 10.2 Å². The first-order chi connectivity index (χ1) is 9.85. The van der Waals surface area contributed by atoms with Crippen molar-refractivity contribution in [3.8, 4) is 5.75 Å². The van der Waals surface area contributed by atoms with Gasteiger partial charge in [0.05, 0.1) is 21.8 Å². The van der Waals surface area contributed by atoms with Gasteiger partial charge >= 0.3 is 0 Å². The van der Waals surface area contributed by atoms with Crippen LogP contribution < -0.4 is 4.74 Å². The Morgan fingerprint density at radius 3 is 2.90 bits per heavy atom. The van der Waals surface area contributed by atoms with Crippen molar-refractivity contribution in [2.24, 2.45) is 5.92 Å². The van der Waals surface area contributed by atoms with Gasteiger partial charge in [-0.1, -0.05) is 48.0 Å². The highest BCUT2D eigenvalue weighted by atomic mass is 79.9. The Hall–Kier alpha value is -0.610. The van der Waals surface area contributed by atoms with Gasteiger partial charge in [-0.05, 0) is 24.1 Å². The van der Waals surface area contributed by atoms with Crippen LogP contribution in [0.5, 0.6) is 5.75 Å². The van der Waals surface area contributed by atoms with E-state index in [4.69, 9.17) is 9.72 Å². The molecular formula is C16H20BrNOS. The zero-order chi connectivity index (χ0) is 13.8. The zero-order valence-corrected chi connectivity index (χ0v) is 14.0. The molecule has 108 valence electrons. The highest BCUT2D eigenvalue weighted by molar-refractivity contribution is 9.09. The molecule has 0 aliphatic heterocycles. The number of aromatic nitrogens is 1. The van der Waals surface area contributed by atoms with Crippen molar-refractivity contribution in [3.05, 3.63) is 23.2 Å². The molecule has 0 spiro atoms. The van der Waals surface area contributed by atoms with E-state index in [1.165, 1.54) is 41.8 Å². The summed E-state index contributed by atoms with van der Waals surface area (Å²) in [6, 6.07) is 6.23. The lowest BCUT2D eigenvalue weighted by molar-refractivity contribution is 0.345. The molecule has 4 heteroatoms. The molecule has 1 aromatic carbocycles. The fourth-order valence-corrected chi connectivity index (χ4v) is 4.20. The number of benzene rings is 1. The molecule has 0 radical (unpaired) electrons. The normalized spacial score (nSPS) is 16.6. The third-order valence-electron chi connectivity index (χ3n) is 3.94. The number of hydrogen-bond acceptors (Lipinski definition) is 3. The van der Waals surface area contributed by atoms with Crippen molar-refractivity contribution < 1.29 is 4.74 Å². The summed E-state index contributed by atoms with van der Waals surface area (Å²) in [7, 11) is 0. The van der Waals surface area contributed by atoms with Gasteiger partial charge in [0.15, 0.2) is 0 Å². The number of fused-ring (bicyclic) bond motifs is 1. The van der Waals surface area contributed by atoms with Gasteiger partial charge in [0.25, 0.3) is 0 Å². The van der Waals surface area contributed by atoms with E-state index in [9.17, 15) is 0 Å². The molecule has 3 rings (SSSR count). The molecule has 0 unspecified atom stereocenters. The molecule has 1 aliphatic carbocycles. The number of hydrogen-bond donors (Lipinski definition) is 0. The third-order valence-corrected chi connectivity index (χ3v) is 5.30. The molecule has 2 aromatic rings. The number of thiazole rings is 1. The minimum atomic E-state index is 0.708. The molecule has 2 nitrogen and oxygen atoms in total. The summed E-state index contributed by atoms with van der Waals surface area (Å²) in [6.45, 7) is 0.708. The van der Waals surface area contributed by atoms with Crippen LogP contribution in [0, 0.1) is 5.92 Å². The maximum Gasteiger partial charge on any atom is 0.120 e. The zero-order valence-electron chi connectivity index (χ0n) is 11.6. The van der Waals surface area contributed by atoms with E-state index < -0.39 is 0 Å². The highest BCUT2D eigenvalue weighted by Crippen LogP contribution is 2.31. The van der Waals surface area contributed by atoms with Gasteiger partial charge in [-0.25, -0.2) is 4.98 Å². The van der Waals surface area contributed by atoms with Crippen LogP contribution in [0.4, 0.5) is 0 Å². The summed E-state index contributed by atoms with van der Waals surface area (Å²) >= 11 is 5.22. The second kappa shape index (κ2) is 6.90. The Morgan fingerprint density at radius 1 is 1.25 bits per heavy atom. The first kappa shape index (κ1) is 14.3. The van der Waals surface area contributed by atoms with Crippen molar-refractivity contribution >= 4 is 37.5 Å². The smallest absolute Gasteiger partial charge is 0.120 e. The van der Waals surface area contributed by atoms with Gasteiger partial charge in [-0.15, -0.1) is 11.3 Å². The molecule has 20 heavy (non-hydrogen) atoms. The van der Waals surface area contributed by atoms with Gasteiger partial charge in [0, 0.05) is 11.8 Å². The van der Waals surface area contributed by atoms with E-state index in [-0.39, 0.29) is 0 Å². The lowest BCUT2D eigenvalue weighted by atomic mass is 9.87. The predicted molar refractivity (Wildman–Crippen MR) is 89.2 cm³/mol. The van der Waals surface area contributed by atoms with Crippen LogP contribution in [-0.2, 0) is 6.42 Å².